The molecular formula is C27H28N6O5. The van der Waals surface area contributed by atoms with Crippen LogP contribution in [0.1, 0.15) is 35.0 Å². The lowest BCUT2D eigenvalue weighted by atomic mass is 9.64. The predicted octanol–water partition coefficient (Wildman–Crippen LogP) is 2.14. The smallest absolute Gasteiger partial charge is 0.368 e. The Morgan fingerprint density at radius 3 is 2.05 bits per heavy atom. The Hall–Kier alpha value is -4.93. The van der Waals surface area contributed by atoms with Crippen molar-refractivity contribution in [1.29, 1.82) is 0 Å². The van der Waals surface area contributed by atoms with Gasteiger partial charge in [0.1, 0.15) is 5.54 Å². The Labute approximate surface area is 219 Å². The summed E-state index contributed by atoms with van der Waals surface area (Å²) in [5.41, 5.74) is 11.5. The van der Waals surface area contributed by atoms with E-state index in [4.69, 9.17) is 16.3 Å². The predicted molar refractivity (Wildman–Crippen MR) is 137 cm³/mol. The zero-order valence-corrected chi connectivity index (χ0v) is 20.7. The SMILES string of the molecule is CCC1(C(N)=O)N(C(=O)ONC(=O)c2ccccc2)CCN(C(N)=O)C1(c1ccccc1)c1ccccn1. The number of nitrogens with one attached hydrogen (secondary N) is 1. The Balaban J connectivity index is 1.89. The zero-order chi connectivity index (χ0) is 27.3. The van der Waals surface area contributed by atoms with Crippen molar-refractivity contribution in [2.75, 3.05) is 13.1 Å². The van der Waals surface area contributed by atoms with Gasteiger partial charge < -0.3 is 21.2 Å². The van der Waals surface area contributed by atoms with Crippen LogP contribution in [0.15, 0.2) is 85.1 Å². The van der Waals surface area contributed by atoms with Gasteiger partial charge in [-0.25, -0.2) is 9.59 Å². The largest absolute Gasteiger partial charge is 0.435 e. The molecule has 0 bridgehead atoms. The van der Waals surface area contributed by atoms with Crippen molar-refractivity contribution in [2.24, 2.45) is 11.5 Å². The molecule has 2 atom stereocenters. The molecule has 196 valence electrons. The Morgan fingerprint density at radius 2 is 1.50 bits per heavy atom. The molecule has 4 rings (SSSR count). The number of nitrogens with zero attached hydrogens (tertiary/aromatic N) is 3. The van der Waals surface area contributed by atoms with Crippen LogP contribution in [0.3, 0.4) is 0 Å². The fourth-order valence-corrected chi connectivity index (χ4v) is 5.37. The molecule has 38 heavy (non-hydrogen) atoms. The molecule has 1 aliphatic rings. The van der Waals surface area contributed by atoms with Crippen LogP contribution in [0, 0.1) is 0 Å². The van der Waals surface area contributed by atoms with E-state index in [9.17, 15) is 19.2 Å². The van der Waals surface area contributed by atoms with Crippen LogP contribution in [0.2, 0.25) is 0 Å². The molecule has 1 aromatic heterocycles. The second kappa shape index (κ2) is 10.6. The van der Waals surface area contributed by atoms with Gasteiger partial charge in [-0.1, -0.05) is 61.5 Å². The zero-order valence-electron chi connectivity index (χ0n) is 20.7. The standard InChI is InChI=1S/C27H28N6O5/c1-2-26(23(28)35)27(20-13-7-4-8-14-20,21-15-9-10-16-30-21)32(24(29)36)17-18-33(26)25(37)38-31-22(34)19-11-5-3-6-12-19/h3-16H,2,17-18H2,1H3,(H2,28,35)(H2,29,36)(H,31,34). The fraction of sp³-hybridized carbons (Fsp3) is 0.222. The monoisotopic (exact) mass is 516 g/mol. The summed E-state index contributed by atoms with van der Waals surface area (Å²) in [6.07, 6.45) is 0.437. The highest BCUT2D eigenvalue weighted by molar-refractivity contribution is 5.95. The first kappa shape index (κ1) is 26.1. The summed E-state index contributed by atoms with van der Waals surface area (Å²) in [6, 6.07) is 21.0. The first-order valence-corrected chi connectivity index (χ1v) is 12.0. The Kier molecular flexibility index (Phi) is 7.28. The molecule has 0 spiro atoms. The molecule has 0 radical (unpaired) electrons. The molecule has 3 aromatic rings. The summed E-state index contributed by atoms with van der Waals surface area (Å²) in [6.45, 7) is 1.44. The van der Waals surface area contributed by atoms with Gasteiger partial charge in [0.25, 0.3) is 5.91 Å². The number of carbonyl (C=O) groups excluding carboxylic acids is 4. The van der Waals surface area contributed by atoms with Gasteiger partial charge in [-0.3, -0.25) is 19.5 Å². The van der Waals surface area contributed by atoms with Crippen LogP contribution < -0.4 is 16.9 Å². The third-order valence-electron chi connectivity index (χ3n) is 6.91. The van der Waals surface area contributed by atoms with Crippen LogP contribution in [-0.4, -0.2) is 57.4 Å². The molecule has 0 saturated carbocycles. The number of rotatable bonds is 5. The molecular weight excluding hydrogens is 488 g/mol. The van der Waals surface area contributed by atoms with E-state index in [1.807, 2.05) is 0 Å². The van der Waals surface area contributed by atoms with Gasteiger partial charge in [0, 0.05) is 24.8 Å². The fourth-order valence-electron chi connectivity index (χ4n) is 5.37. The number of amides is 5. The number of hydrogen-bond donors (Lipinski definition) is 3. The van der Waals surface area contributed by atoms with Crippen LogP contribution in [-0.2, 0) is 15.2 Å². The molecule has 2 heterocycles. The molecule has 0 aliphatic carbocycles. The summed E-state index contributed by atoms with van der Waals surface area (Å²) in [4.78, 5) is 64.8. The van der Waals surface area contributed by atoms with Crippen molar-refractivity contribution >= 4 is 23.9 Å². The van der Waals surface area contributed by atoms with Gasteiger partial charge in [-0.05, 0) is 36.2 Å². The van der Waals surface area contributed by atoms with Gasteiger partial charge in [-0.2, -0.15) is 5.48 Å². The highest BCUT2D eigenvalue weighted by Crippen LogP contribution is 2.51. The second-order valence-corrected chi connectivity index (χ2v) is 8.68. The van der Waals surface area contributed by atoms with Crippen LogP contribution in [0.25, 0.3) is 0 Å². The first-order chi connectivity index (χ1) is 18.3. The molecule has 1 aliphatic heterocycles. The second-order valence-electron chi connectivity index (χ2n) is 8.68. The maximum atomic E-state index is 13.6. The number of benzene rings is 2. The van der Waals surface area contributed by atoms with Gasteiger partial charge in [0.05, 0.1) is 5.69 Å². The van der Waals surface area contributed by atoms with Crippen molar-refractivity contribution < 1.29 is 24.0 Å². The van der Waals surface area contributed by atoms with E-state index in [0.717, 1.165) is 4.90 Å². The summed E-state index contributed by atoms with van der Waals surface area (Å²) in [5, 5.41) is 0. The Bertz CT molecular complexity index is 1280. The summed E-state index contributed by atoms with van der Waals surface area (Å²) < 4.78 is 0. The number of hydroxylamine groups is 1. The minimum absolute atomic E-state index is 0.0423. The number of nitrogens with two attached hydrogens (primary N) is 2. The normalized spacial score (nSPS) is 20.9. The number of pyridine rings is 1. The van der Waals surface area contributed by atoms with Gasteiger partial charge in [0.2, 0.25) is 5.91 Å². The summed E-state index contributed by atoms with van der Waals surface area (Å²) in [5.74, 6) is -1.57. The lowest BCUT2D eigenvalue weighted by Gasteiger charge is -2.60. The Morgan fingerprint density at radius 1 is 0.895 bits per heavy atom. The van der Waals surface area contributed by atoms with E-state index < -0.39 is 35.0 Å². The van der Waals surface area contributed by atoms with Crippen molar-refractivity contribution in [3.05, 3.63) is 102 Å². The number of primary amides is 2. The van der Waals surface area contributed by atoms with Crippen LogP contribution in [0.5, 0.6) is 0 Å². The topological polar surface area (TPSA) is 161 Å². The molecule has 5 N–H and O–H groups in total. The van der Waals surface area contributed by atoms with Crippen molar-refractivity contribution in [3.8, 4) is 0 Å². The van der Waals surface area contributed by atoms with E-state index in [1.54, 1.807) is 85.8 Å². The maximum Gasteiger partial charge on any atom is 0.435 e. The van der Waals surface area contributed by atoms with Crippen molar-refractivity contribution in [2.45, 2.75) is 24.4 Å². The van der Waals surface area contributed by atoms with Gasteiger partial charge in [0.15, 0.2) is 5.54 Å². The number of aromatic nitrogens is 1. The van der Waals surface area contributed by atoms with E-state index >= 15 is 0 Å². The van der Waals surface area contributed by atoms with Crippen LogP contribution in [0.4, 0.5) is 9.59 Å². The molecule has 2 aromatic carbocycles. The summed E-state index contributed by atoms with van der Waals surface area (Å²) >= 11 is 0. The molecule has 1 fully saturated rings. The minimum atomic E-state index is -1.91. The lowest BCUT2D eigenvalue weighted by molar-refractivity contribution is -0.146. The molecule has 5 amide bonds. The summed E-state index contributed by atoms with van der Waals surface area (Å²) in [7, 11) is 0. The molecule has 2 unspecified atom stereocenters. The quantitative estimate of drug-likeness (QED) is 0.440. The molecule has 1 saturated heterocycles. The van der Waals surface area contributed by atoms with Crippen LogP contribution >= 0.6 is 0 Å². The average Bonchev–Trinajstić information content (AvgIpc) is 2.95. The number of piperazine rings is 1. The van der Waals surface area contributed by atoms with E-state index in [0.29, 0.717) is 5.56 Å². The number of carbonyl (C=O) groups is 4. The average molecular weight is 517 g/mol. The highest BCUT2D eigenvalue weighted by Gasteiger charge is 2.68. The van der Waals surface area contributed by atoms with Crippen molar-refractivity contribution in [1.82, 2.24) is 20.3 Å². The van der Waals surface area contributed by atoms with E-state index in [1.165, 1.54) is 11.1 Å². The molecule has 11 nitrogen and oxygen atoms in total. The van der Waals surface area contributed by atoms with E-state index in [-0.39, 0.29) is 30.8 Å². The number of hydrogen-bond acceptors (Lipinski definition) is 6. The third-order valence-corrected chi connectivity index (χ3v) is 6.91. The lowest BCUT2D eigenvalue weighted by Crippen LogP contribution is -2.80. The van der Waals surface area contributed by atoms with E-state index in [2.05, 4.69) is 10.5 Å². The third kappa shape index (κ3) is 4.07. The van der Waals surface area contributed by atoms with Gasteiger partial charge in [-0.15, -0.1) is 0 Å². The van der Waals surface area contributed by atoms with Gasteiger partial charge >= 0.3 is 12.1 Å². The minimum Gasteiger partial charge on any atom is -0.368 e. The first-order valence-electron chi connectivity index (χ1n) is 12.0. The highest BCUT2D eigenvalue weighted by atomic mass is 16.7. The van der Waals surface area contributed by atoms with Crippen molar-refractivity contribution in [3.63, 3.8) is 0 Å². The maximum absolute atomic E-state index is 13.6. The number of urea groups is 1. The molecule has 11 heteroatoms.